The molecule has 2 atom stereocenters. The Morgan fingerprint density at radius 1 is 1.42 bits per heavy atom. The minimum Gasteiger partial charge on any atom is -0.363 e. The average molecular weight is 378 g/mol. The van der Waals surface area contributed by atoms with E-state index in [2.05, 4.69) is 20.6 Å². The van der Waals surface area contributed by atoms with Crippen LogP contribution in [0.25, 0.3) is 10.7 Å². The zero-order chi connectivity index (χ0) is 18.9. The van der Waals surface area contributed by atoms with Crippen molar-refractivity contribution in [1.82, 2.24) is 30.2 Å². The molecule has 0 bridgehead atoms. The van der Waals surface area contributed by atoms with Crippen LogP contribution in [-0.4, -0.2) is 61.1 Å². The Balaban J connectivity index is 1.91. The standard InChI is InChI=1S/C16H22N6O3S/c1-10(2)12(22-9-11(19-20-22)13-18-6-8-26-13)14(23)21-7-4-5-16(21,25)15(24)17-3/h6,8-10,12,25H,4-5,7H2,1-3H3,(H,17,24). The van der Waals surface area contributed by atoms with E-state index in [1.807, 2.05) is 19.2 Å². The lowest BCUT2D eigenvalue weighted by Crippen LogP contribution is -2.58. The summed E-state index contributed by atoms with van der Waals surface area (Å²) in [5.41, 5.74) is -1.24. The van der Waals surface area contributed by atoms with Crippen molar-refractivity contribution in [3.05, 3.63) is 17.8 Å². The number of nitrogens with one attached hydrogen (secondary N) is 1. The molecule has 1 saturated heterocycles. The van der Waals surface area contributed by atoms with Gasteiger partial charge >= 0.3 is 0 Å². The molecular weight excluding hydrogens is 356 g/mol. The van der Waals surface area contributed by atoms with E-state index in [4.69, 9.17) is 0 Å². The number of carbonyl (C=O) groups excluding carboxylic acids is 2. The maximum Gasteiger partial charge on any atom is 0.273 e. The molecule has 140 valence electrons. The number of likely N-dealkylation sites (N-methyl/N-ethyl adjacent to an activating group) is 1. The van der Waals surface area contributed by atoms with E-state index in [-0.39, 0.29) is 18.2 Å². The minimum atomic E-state index is -1.82. The molecule has 2 amide bonds. The molecule has 2 aromatic rings. The minimum absolute atomic E-state index is 0.108. The Morgan fingerprint density at radius 3 is 2.81 bits per heavy atom. The third kappa shape index (κ3) is 3.10. The summed E-state index contributed by atoms with van der Waals surface area (Å²) in [4.78, 5) is 30.8. The molecule has 1 aliphatic heterocycles. The maximum absolute atomic E-state index is 13.2. The summed E-state index contributed by atoms with van der Waals surface area (Å²) in [5, 5.41) is 24.0. The fourth-order valence-corrected chi connectivity index (χ4v) is 3.84. The summed E-state index contributed by atoms with van der Waals surface area (Å²) in [5.74, 6) is -1.03. The highest BCUT2D eigenvalue weighted by Gasteiger charge is 2.50. The molecule has 3 rings (SSSR count). The molecule has 0 spiro atoms. The van der Waals surface area contributed by atoms with Crippen molar-refractivity contribution in [2.24, 2.45) is 5.92 Å². The summed E-state index contributed by atoms with van der Waals surface area (Å²) in [7, 11) is 1.44. The number of nitrogens with zero attached hydrogens (tertiary/aromatic N) is 5. The molecule has 10 heteroatoms. The lowest BCUT2D eigenvalue weighted by Gasteiger charge is -2.35. The van der Waals surface area contributed by atoms with E-state index in [9.17, 15) is 14.7 Å². The lowest BCUT2D eigenvalue weighted by atomic mass is 10.0. The molecule has 0 aliphatic carbocycles. The van der Waals surface area contributed by atoms with Gasteiger partial charge in [0.1, 0.15) is 16.7 Å². The summed E-state index contributed by atoms with van der Waals surface area (Å²) in [6, 6.07) is -0.675. The third-order valence-corrected chi connectivity index (χ3v) is 5.34. The first-order valence-electron chi connectivity index (χ1n) is 8.46. The highest BCUT2D eigenvalue weighted by molar-refractivity contribution is 7.13. The van der Waals surface area contributed by atoms with Gasteiger partial charge in [-0.3, -0.25) is 9.59 Å². The van der Waals surface area contributed by atoms with Crippen molar-refractivity contribution in [3.8, 4) is 10.7 Å². The lowest BCUT2D eigenvalue weighted by molar-refractivity contribution is -0.170. The number of carbonyl (C=O) groups is 2. The van der Waals surface area contributed by atoms with Gasteiger partial charge in [-0.1, -0.05) is 19.1 Å². The van der Waals surface area contributed by atoms with Crippen LogP contribution in [0.2, 0.25) is 0 Å². The number of amides is 2. The van der Waals surface area contributed by atoms with Gasteiger partial charge in [0.15, 0.2) is 0 Å². The van der Waals surface area contributed by atoms with E-state index in [0.29, 0.717) is 23.7 Å². The molecule has 2 N–H and O–H groups in total. The number of rotatable bonds is 5. The predicted octanol–water partition coefficient (Wildman–Crippen LogP) is 0.656. The number of likely N-dealkylation sites (tertiary alicyclic amines) is 1. The molecule has 3 heterocycles. The van der Waals surface area contributed by atoms with E-state index < -0.39 is 17.7 Å². The van der Waals surface area contributed by atoms with Crippen LogP contribution >= 0.6 is 11.3 Å². The van der Waals surface area contributed by atoms with Crippen molar-refractivity contribution in [2.75, 3.05) is 13.6 Å². The first kappa shape index (κ1) is 18.5. The molecule has 26 heavy (non-hydrogen) atoms. The second-order valence-corrected chi connectivity index (χ2v) is 7.49. The Hall–Kier alpha value is -2.33. The predicted molar refractivity (Wildman–Crippen MR) is 95.0 cm³/mol. The van der Waals surface area contributed by atoms with Gasteiger partial charge in [0.25, 0.3) is 5.91 Å². The normalized spacial score (nSPS) is 21.2. The van der Waals surface area contributed by atoms with Crippen LogP contribution in [0.5, 0.6) is 0 Å². The molecule has 1 aliphatic rings. The zero-order valence-corrected chi connectivity index (χ0v) is 15.7. The van der Waals surface area contributed by atoms with Crippen LogP contribution in [0.4, 0.5) is 0 Å². The number of thiazole rings is 1. The Bertz CT molecular complexity index is 790. The SMILES string of the molecule is CNC(=O)C1(O)CCCN1C(=O)C(C(C)C)n1cc(-c2nccs2)nn1. The van der Waals surface area contributed by atoms with Crippen LogP contribution < -0.4 is 5.32 Å². The van der Waals surface area contributed by atoms with E-state index >= 15 is 0 Å². The molecule has 1 fully saturated rings. The molecular formula is C16H22N6O3S. The largest absolute Gasteiger partial charge is 0.363 e. The Kier molecular flexibility index (Phi) is 5.05. The van der Waals surface area contributed by atoms with Gasteiger partial charge in [0, 0.05) is 31.6 Å². The maximum atomic E-state index is 13.2. The van der Waals surface area contributed by atoms with E-state index in [0.717, 1.165) is 0 Å². The fraction of sp³-hybridized carbons (Fsp3) is 0.562. The van der Waals surface area contributed by atoms with Gasteiger partial charge in [-0.25, -0.2) is 9.67 Å². The zero-order valence-electron chi connectivity index (χ0n) is 14.9. The summed E-state index contributed by atoms with van der Waals surface area (Å²) in [6.45, 7) is 4.10. The molecule has 2 unspecified atom stereocenters. The van der Waals surface area contributed by atoms with Gasteiger partial charge in [-0.2, -0.15) is 0 Å². The van der Waals surface area contributed by atoms with Crippen molar-refractivity contribution in [2.45, 2.75) is 38.5 Å². The summed E-state index contributed by atoms with van der Waals surface area (Å²) < 4.78 is 1.49. The molecule has 9 nitrogen and oxygen atoms in total. The van der Waals surface area contributed by atoms with Gasteiger partial charge < -0.3 is 15.3 Å². The van der Waals surface area contributed by atoms with Crippen molar-refractivity contribution < 1.29 is 14.7 Å². The first-order chi connectivity index (χ1) is 12.4. The number of hydrogen-bond acceptors (Lipinski definition) is 7. The molecule has 0 saturated carbocycles. The van der Waals surface area contributed by atoms with Crippen LogP contribution in [0.1, 0.15) is 32.7 Å². The monoisotopic (exact) mass is 378 g/mol. The Morgan fingerprint density at radius 2 is 2.19 bits per heavy atom. The topological polar surface area (TPSA) is 113 Å². The van der Waals surface area contributed by atoms with Crippen LogP contribution in [0.15, 0.2) is 17.8 Å². The van der Waals surface area contributed by atoms with Crippen molar-refractivity contribution in [3.63, 3.8) is 0 Å². The van der Waals surface area contributed by atoms with Gasteiger partial charge in [0.05, 0.1) is 6.20 Å². The van der Waals surface area contributed by atoms with Crippen LogP contribution in [0, 0.1) is 5.92 Å². The quantitative estimate of drug-likeness (QED) is 0.790. The van der Waals surface area contributed by atoms with Crippen LogP contribution in [-0.2, 0) is 9.59 Å². The number of aromatic nitrogens is 4. The smallest absolute Gasteiger partial charge is 0.273 e. The van der Waals surface area contributed by atoms with Gasteiger partial charge in [-0.15, -0.1) is 16.4 Å². The van der Waals surface area contributed by atoms with Crippen molar-refractivity contribution in [1.29, 1.82) is 0 Å². The van der Waals surface area contributed by atoms with Gasteiger partial charge in [-0.05, 0) is 12.3 Å². The summed E-state index contributed by atoms with van der Waals surface area (Å²) in [6.07, 6.45) is 4.13. The second-order valence-electron chi connectivity index (χ2n) is 6.60. The second kappa shape index (κ2) is 7.12. The molecule has 0 radical (unpaired) electrons. The van der Waals surface area contributed by atoms with Crippen LogP contribution in [0.3, 0.4) is 0 Å². The third-order valence-electron chi connectivity index (χ3n) is 4.54. The number of aliphatic hydroxyl groups is 1. The number of hydrogen-bond donors (Lipinski definition) is 2. The van der Waals surface area contributed by atoms with Gasteiger partial charge in [0.2, 0.25) is 11.6 Å². The summed E-state index contributed by atoms with van der Waals surface area (Å²) >= 11 is 1.43. The average Bonchev–Trinajstić information content (AvgIpc) is 3.34. The molecule has 0 aromatic carbocycles. The van der Waals surface area contributed by atoms with E-state index in [1.165, 1.54) is 28.0 Å². The molecule has 2 aromatic heterocycles. The first-order valence-corrected chi connectivity index (χ1v) is 9.34. The highest BCUT2D eigenvalue weighted by atomic mass is 32.1. The van der Waals surface area contributed by atoms with E-state index in [1.54, 1.807) is 12.4 Å². The fourth-order valence-electron chi connectivity index (χ4n) is 3.26. The van der Waals surface area contributed by atoms with Crippen molar-refractivity contribution >= 4 is 23.2 Å². The highest BCUT2D eigenvalue weighted by Crippen LogP contribution is 2.32. The Labute approximate surface area is 155 Å².